The van der Waals surface area contributed by atoms with Crippen LogP contribution in [0.5, 0.6) is 0 Å². The lowest BCUT2D eigenvalue weighted by atomic mass is 10.3. The maximum atomic E-state index is 11.0. The molecule has 1 N–H and O–H groups in total. The van der Waals surface area contributed by atoms with E-state index in [4.69, 9.17) is 4.55 Å². The van der Waals surface area contributed by atoms with E-state index in [9.17, 15) is 18.5 Å². The number of hydrogen-bond acceptors (Lipinski definition) is 6. The zero-order valence-electron chi connectivity index (χ0n) is 10.1. The van der Waals surface area contributed by atoms with Gasteiger partial charge in [-0.05, 0) is 19.2 Å². The summed E-state index contributed by atoms with van der Waals surface area (Å²) < 4.78 is 30.9. The summed E-state index contributed by atoms with van der Waals surface area (Å²) in [4.78, 5) is 14.3. The average molecular weight is 287 g/mol. The van der Waals surface area contributed by atoms with Crippen LogP contribution in [-0.2, 0) is 16.7 Å². The monoisotopic (exact) mass is 287 g/mol. The molecule has 0 amide bonds. The van der Waals surface area contributed by atoms with Gasteiger partial charge < -0.3 is 0 Å². The van der Waals surface area contributed by atoms with Crippen LogP contribution in [0.25, 0.3) is 0 Å². The minimum absolute atomic E-state index is 0.281. The second-order valence-electron chi connectivity index (χ2n) is 3.85. The Morgan fingerprint density at radius 1 is 1.58 bits per heavy atom. The number of aromatic nitrogens is 1. The molecule has 0 bridgehead atoms. The highest BCUT2D eigenvalue weighted by atomic mass is 32.2. The van der Waals surface area contributed by atoms with Crippen molar-refractivity contribution in [1.82, 2.24) is 9.88 Å². The van der Waals surface area contributed by atoms with Gasteiger partial charge in [-0.1, -0.05) is 6.07 Å². The van der Waals surface area contributed by atoms with Gasteiger partial charge in [0.1, 0.15) is 0 Å². The van der Waals surface area contributed by atoms with Crippen molar-refractivity contribution >= 4 is 10.1 Å². The van der Waals surface area contributed by atoms with Gasteiger partial charge in [-0.15, -0.1) is 0 Å². The van der Waals surface area contributed by atoms with E-state index in [-0.39, 0.29) is 12.7 Å². The standard InChI is InChI=1S/C10H13N3O5S/c1-12(6-9-4-2-3-5-11-9)7-10(8-13(14)15)19(16,17)18/h2-5,8H,6-7H2,1H3,(H,16,17,18). The molecule has 1 rings (SSSR count). The van der Waals surface area contributed by atoms with Gasteiger partial charge in [0, 0.05) is 19.3 Å². The fraction of sp³-hybridized carbons (Fsp3) is 0.300. The molecule has 9 heteroatoms. The molecule has 104 valence electrons. The number of rotatable bonds is 6. The van der Waals surface area contributed by atoms with E-state index in [0.717, 1.165) is 0 Å². The predicted molar refractivity (Wildman–Crippen MR) is 67.2 cm³/mol. The molecular formula is C10H13N3O5S. The van der Waals surface area contributed by atoms with Crippen molar-refractivity contribution in [2.45, 2.75) is 6.54 Å². The summed E-state index contributed by atoms with van der Waals surface area (Å²) in [5.41, 5.74) is 0.681. The molecule has 1 heterocycles. The first-order valence-corrected chi connectivity index (χ1v) is 6.63. The van der Waals surface area contributed by atoms with Crippen molar-refractivity contribution in [2.24, 2.45) is 0 Å². The normalized spacial score (nSPS) is 12.7. The van der Waals surface area contributed by atoms with Gasteiger partial charge in [0.05, 0.1) is 10.6 Å². The molecule has 0 aliphatic carbocycles. The first-order chi connectivity index (χ1) is 8.79. The predicted octanol–water partition coefficient (Wildman–Crippen LogP) is 0.519. The second-order valence-corrected chi connectivity index (χ2v) is 5.32. The van der Waals surface area contributed by atoms with Crippen LogP contribution in [0.1, 0.15) is 5.69 Å². The highest BCUT2D eigenvalue weighted by molar-refractivity contribution is 7.89. The Morgan fingerprint density at radius 3 is 2.74 bits per heavy atom. The van der Waals surface area contributed by atoms with Crippen molar-refractivity contribution in [3.8, 4) is 0 Å². The molecule has 0 aromatic carbocycles. The molecular weight excluding hydrogens is 274 g/mol. The summed E-state index contributed by atoms with van der Waals surface area (Å²) in [6.45, 7) is 0.0157. The fourth-order valence-corrected chi connectivity index (χ4v) is 2.00. The van der Waals surface area contributed by atoms with E-state index < -0.39 is 19.9 Å². The molecule has 0 unspecified atom stereocenters. The molecule has 8 nitrogen and oxygen atoms in total. The lowest BCUT2D eigenvalue weighted by Gasteiger charge is -2.15. The van der Waals surface area contributed by atoms with Crippen molar-refractivity contribution in [3.63, 3.8) is 0 Å². The average Bonchev–Trinajstić information content (AvgIpc) is 2.27. The second kappa shape index (κ2) is 6.36. The van der Waals surface area contributed by atoms with E-state index in [1.807, 2.05) is 0 Å². The van der Waals surface area contributed by atoms with Gasteiger partial charge in [0.2, 0.25) is 0 Å². The molecule has 19 heavy (non-hydrogen) atoms. The van der Waals surface area contributed by atoms with Crippen molar-refractivity contribution in [2.75, 3.05) is 13.6 Å². The number of nitro groups is 1. The van der Waals surface area contributed by atoms with Crippen molar-refractivity contribution < 1.29 is 17.9 Å². The minimum Gasteiger partial charge on any atom is -0.295 e. The Morgan fingerprint density at radius 2 is 2.26 bits per heavy atom. The lowest BCUT2D eigenvalue weighted by Crippen LogP contribution is -2.24. The first kappa shape index (κ1) is 15.2. The summed E-state index contributed by atoms with van der Waals surface area (Å²) >= 11 is 0. The van der Waals surface area contributed by atoms with Gasteiger partial charge in [-0.25, -0.2) is 0 Å². The Balaban J connectivity index is 2.78. The van der Waals surface area contributed by atoms with E-state index in [1.165, 1.54) is 4.90 Å². The van der Waals surface area contributed by atoms with Crippen LogP contribution < -0.4 is 0 Å². The zero-order valence-corrected chi connectivity index (χ0v) is 10.9. The van der Waals surface area contributed by atoms with Crippen LogP contribution in [0.15, 0.2) is 35.5 Å². The van der Waals surface area contributed by atoms with Crippen LogP contribution >= 0.6 is 0 Å². The van der Waals surface area contributed by atoms with Crippen LogP contribution in [0.2, 0.25) is 0 Å². The third-order valence-electron chi connectivity index (χ3n) is 2.16. The number of hydrogen-bond donors (Lipinski definition) is 1. The topological polar surface area (TPSA) is 114 Å². The summed E-state index contributed by atoms with van der Waals surface area (Å²) in [5.74, 6) is 0. The van der Waals surface area contributed by atoms with Crippen LogP contribution in [0.3, 0.4) is 0 Å². The molecule has 0 aliphatic rings. The zero-order chi connectivity index (χ0) is 14.5. The highest BCUT2D eigenvalue weighted by Crippen LogP contribution is 2.08. The van der Waals surface area contributed by atoms with E-state index in [0.29, 0.717) is 12.2 Å². The summed E-state index contributed by atoms with van der Waals surface area (Å²) in [6.07, 6.45) is 1.87. The van der Waals surface area contributed by atoms with E-state index in [2.05, 4.69) is 4.98 Å². The molecule has 1 aromatic rings. The summed E-state index contributed by atoms with van der Waals surface area (Å²) in [5, 5.41) is 10.3. The van der Waals surface area contributed by atoms with Crippen molar-refractivity contribution in [1.29, 1.82) is 0 Å². The molecule has 0 saturated carbocycles. The van der Waals surface area contributed by atoms with Crippen LogP contribution in [0, 0.1) is 10.1 Å². The lowest BCUT2D eigenvalue weighted by molar-refractivity contribution is -0.403. The molecule has 0 atom stereocenters. The highest BCUT2D eigenvalue weighted by Gasteiger charge is 2.20. The number of likely N-dealkylation sites (N-methyl/N-ethyl adjacent to an activating group) is 1. The van der Waals surface area contributed by atoms with E-state index in [1.54, 1.807) is 31.4 Å². The Kier molecular flexibility index (Phi) is 5.10. The van der Waals surface area contributed by atoms with Crippen LogP contribution in [0.4, 0.5) is 0 Å². The maximum absolute atomic E-state index is 11.0. The molecule has 0 aliphatic heterocycles. The summed E-state index contributed by atoms with van der Waals surface area (Å²) in [6, 6.07) is 5.24. The van der Waals surface area contributed by atoms with Gasteiger partial charge >= 0.3 is 0 Å². The van der Waals surface area contributed by atoms with Gasteiger partial charge in [-0.2, -0.15) is 8.42 Å². The molecule has 0 saturated heterocycles. The first-order valence-electron chi connectivity index (χ1n) is 5.19. The Bertz CT molecular complexity index is 570. The third kappa shape index (κ3) is 5.55. The van der Waals surface area contributed by atoms with Gasteiger partial charge in [-0.3, -0.25) is 24.6 Å². The van der Waals surface area contributed by atoms with Gasteiger partial charge in [0.25, 0.3) is 16.3 Å². The Hall–Kier alpha value is -1.84. The molecule has 0 spiro atoms. The number of nitrogens with zero attached hydrogens (tertiary/aromatic N) is 3. The molecule has 0 fully saturated rings. The molecule has 1 aromatic heterocycles. The quantitative estimate of drug-likeness (QED) is 0.461. The van der Waals surface area contributed by atoms with Crippen molar-refractivity contribution in [3.05, 3.63) is 51.3 Å². The SMILES string of the molecule is CN(CC(=C[N+](=O)[O-])S(=O)(=O)O)Cc1ccccn1. The van der Waals surface area contributed by atoms with E-state index >= 15 is 0 Å². The maximum Gasteiger partial charge on any atom is 0.298 e. The van der Waals surface area contributed by atoms with Crippen LogP contribution in [-0.4, -0.2) is 41.4 Å². The van der Waals surface area contributed by atoms with Gasteiger partial charge in [0.15, 0.2) is 4.91 Å². The third-order valence-corrected chi connectivity index (χ3v) is 3.06. The summed E-state index contributed by atoms with van der Waals surface area (Å²) in [7, 11) is -3.03. The smallest absolute Gasteiger partial charge is 0.295 e. The molecule has 0 radical (unpaired) electrons. The largest absolute Gasteiger partial charge is 0.298 e. The fourth-order valence-electron chi connectivity index (χ4n) is 1.40. The minimum atomic E-state index is -4.59. The number of pyridine rings is 1. The Labute approximate surface area is 110 Å².